The molecule has 2 rings (SSSR count). The predicted molar refractivity (Wildman–Crippen MR) is 55.7 cm³/mol. The first-order valence-electron chi connectivity index (χ1n) is 5.72. The van der Waals surface area contributed by atoms with E-state index in [2.05, 4.69) is 5.32 Å². The fourth-order valence-electron chi connectivity index (χ4n) is 3.01. The van der Waals surface area contributed by atoms with Gasteiger partial charge in [0, 0.05) is 5.41 Å². The molecule has 2 aliphatic carbocycles. The summed E-state index contributed by atoms with van der Waals surface area (Å²) in [4.78, 5) is 22.7. The summed E-state index contributed by atoms with van der Waals surface area (Å²) in [5.41, 5.74) is -0.340. The molecule has 0 spiro atoms. The number of hydrogen-bond donors (Lipinski definition) is 3. The van der Waals surface area contributed by atoms with E-state index in [0.717, 1.165) is 32.1 Å². The number of rotatable bonds is 4. The van der Waals surface area contributed by atoms with Crippen molar-refractivity contribution in [1.82, 2.24) is 5.32 Å². The molecule has 1 unspecified atom stereocenters. The second-order valence-corrected chi connectivity index (χ2v) is 4.97. The van der Waals surface area contributed by atoms with E-state index < -0.39 is 18.6 Å². The highest BCUT2D eigenvalue weighted by molar-refractivity contribution is 5.88. The number of aliphatic carboxylic acids is 1. The Morgan fingerprint density at radius 3 is 2.38 bits per heavy atom. The Morgan fingerprint density at radius 1 is 1.38 bits per heavy atom. The fraction of sp³-hybridized carbons (Fsp3) is 0.818. The van der Waals surface area contributed by atoms with Crippen LogP contribution in [0.4, 0.5) is 0 Å². The van der Waals surface area contributed by atoms with Gasteiger partial charge in [0.2, 0.25) is 5.91 Å². The SMILES string of the molecule is O=C(O)C(CO)NC(=O)C12CCC(CC1)C2. The second-order valence-electron chi connectivity index (χ2n) is 4.97. The van der Waals surface area contributed by atoms with Crippen LogP contribution in [0, 0.1) is 11.3 Å². The number of hydrogen-bond acceptors (Lipinski definition) is 3. The zero-order valence-corrected chi connectivity index (χ0v) is 9.11. The highest BCUT2D eigenvalue weighted by Crippen LogP contribution is 2.54. The minimum atomic E-state index is -1.18. The van der Waals surface area contributed by atoms with Gasteiger partial charge in [0.05, 0.1) is 6.61 Å². The summed E-state index contributed by atoms with van der Waals surface area (Å²) in [5, 5.41) is 20.1. The minimum absolute atomic E-state index is 0.186. The summed E-state index contributed by atoms with van der Waals surface area (Å²) in [6.07, 6.45) is 4.76. The molecule has 16 heavy (non-hydrogen) atoms. The topological polar surface area (TPSA) is 86.6 Å². The zero-order chi connectivity index (χ0) is 11.8. The highest BCUT2D eigenvalue weighted by Gasteiger charge is 2.50. The van der Waals surface area contributed by atoms with Gasteiger partial charge in [0.1, 0.15) is 6.04 Å². The number of aliphatic hydroxyl groups excluding tert-OH is 1. The number of carbonyl (C=O) groups is 2. The van der Waals surface area contributed by atoms with E-state index in [1.807, 2.05) is 0 Å². The van der Waals surface area contributed by atoms with Crippen LogP contribution in [-0.2, 0) is 9.59 Å². The van der Waals surface area contributed by atoms with Crippen molar-refractivity contribution in [3.63, 3.8) is 0 Å². The van der Waals surface area contributed by atoms with Crippen LogP contribution in [0.15, 0.2) is 0 Å². The summed E-state index contributed by atoms with van der Waals surface area (Å²) in [6.45, 7) is -0.555. The van der Waals surface area contributed by atoms with Gasteiger partial charge in [-0.05, 0) is 38.0 Å². The molecule has 0 radical (unpaired) electrons. The maximum atomic E-state index is 12.0. The predicted octanol–water partition coefficient (Wildman–Crippen LogP) is 0.128. The Balaban J connectivity index is 2.00. The lowest BCUT2D eigenvalue weighted by molar-refractivity contribution is -0.145. The number of amides is 1. The molecule has 0 aromatic carbocycles. The lowest BCUT2D eigenvalue weighted by Crippen LogP contribution is -2.48. The van der Waals surface area contributed by atoms with Gasteiger partial charge in [0.25, 0.3) is 0 Å². The quantitative estimate of drug-likeness (QED) is 0.637. The normalized spacial score (nSPS) is 33.7. The summed E-state index contributed by atoms with van der Waals surface area (Å²) >= 11 is 0. The highest BCUT2D eigenvalue weighted by atomic mass is 16.4. The van der Waals surface area contributed by atoms with Crippen molar-refractivity contribution in [2.75, 3.05) is 6.61 Å². The van der Waals surface area contributed by atoms with Crippen LogP contribution >= 0.6 is 0 Å². The minimum Gasteiger partial charge on any atom is -0.480 e. The van der Waals surface area contributed by atoms with E-state index in [0.29, 0.717) is 5.92 Å². The van der Waals surface area contributed by atoms with Crippen molar-refractivity contribution < 1.29 is 19.8 Å². The lowest BCUT2D eigenvalue weighted by Gasteiger charge is -2.26. The maximum Gasteiger partial charge on any atom is 0.328 e. The Hall–Kier alpha value is -1.10. The van der Waals surface area contributed by atoms with Gasteiger partial charge in [-0.2, -0.15) is 0 Å². The van der Waals surface area contributed by atoms with E-state index in [4.69, 9.17) is 10.2 Å². The van der Waals surface area contributed by atoms with Crippen LogP contribution in [-0.4, -0.2) is 34.7 Å². The van der Waals surface area contributed by atoms with Gasteiger partial charge >= 0.3 is 5.97 Å². The first kappa shape index (κ1) is 11.4. The molecule has 0 aliphatic heterocycles. The van der Waals surface area contributed by atoms with Gasteiger partial charge < -0.3 is 15.5 Å². The van der Waals surface area contributed by atoms with E-state index in [-0.39, 0.29) is 11.3 Å². The molecule has 3 N–H and O–H groups in total. The van der Waals surface area contributed by atoms with Gasteiger partial charge in [-0.15, -0.1) is 0 Å². The molecule has 2 aliphatic rings. The maximum absolute atomic E-state index is 12.0. The molecule has 5 heteroatoms. The molecule has 0 aromatic heterocycles. The number of carboxylic acid groups (broad SMARTS) is 1. The number of carbonyl (C=O) groups excluding carboxylic acids is 1. The van der Waals surface area contributed by atoms with E-state index in [1.165, 1.54) is 0 Å². The third-order valence-corrected chi connectivity index (χ3v) is 4.01. The van der Waals surface area contributed by atoms with Crippen molar-refractivity contribution >= 4 is 11.9 Å². The van der Waals surface area contributed by atoms with Crippen LogP contribution in [0.1, 0.15) is 32.1 Å². The molecule has 5 nitrogen and oxygen atoms in total. The molecule has 2 fully saturated rings. The third kappa shape index (κ3) is 1.80. The molecule has 0 aromatic rings. The van der Waals surface area contributed by atoms with E-state index in [1.54, 1.807) is 0 Å². The molecule has 0 saturated heterocycles. The first-order chi connectivity index (χ1) is 7.57. The molecule has 2 saturated carbocycles. The fourth-order valence-corrected chi connectivity index (χ4v) is 3.01. The van der Waals surface area contributed by atoms with Gasteiger partial charge in [-0.3, -0.25) is 4.79 Å². The number of carboxylic acids is 1. The van der Waals surface area contributed by atoms with Crippen LogP contribution in [0.5, 0.6) is 0 Å². The molecule has 1 amide bonds. The van der Waals surface area contributed by atoms with E-state index >= 15 is 0 Å². The zero-order valence-electron chi connectivity index (χ0n) is 9.11. The van der Waals surface area contributed by atoms with Gasteiger partial charge in [-0.25, -0.2) is 4.79 Å². The van der Waals surface area contributed by atoms with Crippen molar-refractivity contribution in [2.45, 2.75) is 38.1 Å². The molecule has 0 heterocycles. The van der Waals surface area contributed by atoms with Crippen molar-refractivity contribution in [2.24, 2.45) is 11.3 Å². The average molecular weight is 227 g/mol. The van der Waals surface area contributed by atoms with Crippen molar-refractivity contribution in [3.05, 3.63) is 0 Å². The standard InChI is InChI=1S/C11H17NO4/c13-6-8(9(14)15)12-10(16)11-3-1-7(5-11)2-4-11/h7-8,13H,1-6H2,(H,12,16)(H,14,15). The first-order valence-corrected chi connectivity index (χ1v) is 5.72. The molecular formula is C11H17NO4. The van der Waals surface area contributed by atoms with Crippen LogP contribution in [0.25, 0.3) is 0 Å². The number of aliphatic hydroxyl groups is 1. The van der Waals surface area contributed by atoms with Crippen LogP contribution < -0.4 is 5.32 Å². The van der Waals surface area contributed by atoms with Gasteiger partial charge in [0.15, 0.2) is 0 Å². The second kappa shape index (κ2) is 4.05. The smallest absolute Gasteiger partial charge is 0.328 e. The lowest BCUT2D eigenvalue weighted by atomic mass is 9.83. The van der Waals surface area contributed by atoms with Crippen LogP contribution in [0.3, 0.4) is 0 Å². The molecule has 1 atom stereocenters. The Kier molecular flexibility index (Phi) is 2.88. The van der Waals surface area contributed by atoms with Crippen molar-refractivity contribution in [1.29, 1.82) is 0 Å². The number of nitrogens with one attached hydrogen (secondary N) is 1. The summed E-state index contributed by atoms with van der Waals surface area (Å²) < 4.78 is 0. The largest absolute Gasteiger partial charge is 0.480 e. The third-order valence-electron chi connectivity index (χ3n) is 4.01. The van der Waals surface area contributed by atoms with Gasteiger partial charge in [-0.1, -0.05) is 0 Å². The van der Waals surface area contributed by atoms with E-state index in [9.17, 15) is 9.59 Å². The Morgan fingerprint density at radius 2 is 2.00 bits per heavy atom. The summed E-state index contributed by atoms with van der Waals surface area (Å²) in [7, 11) is 0. The Labute approximate surface area is 93.8 Å². The molecular weight excluding hydrogens is 210 g/mol. The molecule has 2 bridgehead atoms. The monoisotopic (exact) mass is 227 g/mol. The number of fused-ring (bicyclic) bond motifs is 2. The average Bonchev–Trinajstić information content (AvgIpc) is 2.86. The summed E-state index contributed by atoms with van der Waals surface area (Å²) in [6, 6.07) is -1.17. The molecule has 90 valence electrons. The van der Waals surface area contributed by atoms with Crippen LogP contribution in [0.2, 0.25) is 0 Å². The Bertz CT molecular complexity index is 307. The summed E-state index contributed by atoms with van der Waals surface area (Å²) in [5.74, 6) is -0.725. The van der Waals surface area contributed by atoms with Crippen molar-refractivity contribution in [3.8, 4) is 0 Å².